The molecule has 120 valence electrons. The number of thiophene rings is 1. The van der Waals surface area contributed by atoms with Crippen molar-refractivity contribution >= 4 is 34.8 Å². The zero-order chi connectivity index (χ0) is 16.4. The van der Waals surface area contributed by atoms with Crippen LogP contribution < -0.4 is 10.6 Å². The Bertz CT molecular complexity index is 757. The first-order valence-corrected chi connectivity index (χ1v) is 8.64. The van der Waals surface area contributed by atoms with Crippen molar-refractivity contribution in [2.24, 2.45) is 0 Å². The maximum absolute atomic E-state index is 12.4. The maximum Gasteiger partial charge on any atom is 0.261 e. The summed E-state index contributed by atoms with van der Waals surface area (Å²) in [5.41, 5.74) is 2.36. The summed E-state index contributed by atoms with van der Waals surface area (Å²) in [7, 11) is 0. The van der Waals surface area contributed by atoms with E-state index in [0.717, 1.165) is 28.3 Å². The summed E-state index contributed by atoms with van der Waals surface area (Å²) in [6, 6.07) is 9.54. The van der Waals surface area contributed by atoms with Gasteiger partial charge in [-0.15, -0.1) is 11.3 Å². The van der Waals surface area contributed by atoms with E-state index in [0.29, 0.717) is 11.4 Å². The molecular weight excluding hydrogens is 332 g/mol. The summed E-state index contributed by atoms with van der Waals surface area (Å²) >= 11 is 7.41. The van der Waals surface area contributed by atoms with Gasteiger partial charge in [0.1, 0.15) is 0 Å². The first-order chi connectivity index (χ1) is 11.0. The van der Waals surface area contributed by atoms with Crippen LogP contribution in [0.4, 0.5) is 0 Å². The number of hydrogen-bond acceptors (Lipinski definition) is 3. The summed E-state index contributed by atoms with van der Waals surface area (Å²) < 4.78 is 0. The lowest BCUT2D eigenvalue weighted by atomic mass is 10.1. The molecule has 1 aromatic carbocycles. The Balaban J connectivity index is 1.65. The minimum atomic E-state index is -0.0781. The molecule has 0 aliphatic heterocycles. The number of amides is 2. The summed E-state index contributed by atoms with van der Waals surface area (Å²) in [6.07, 6.45) is 1.82. The number of aryl methyl sites for hydroxylation is 1. The van der Waals surface area contributed by atoms with E-state index >= 15 is 0 Å². The van der Waals surface area contributed by atoms with E-state index in [1.807, 2.05) is 24.3 Å². The number of fused-ring (bicyclic) bond motifs is 1. The molecule has 1 aliphatic carbocycles. The summed E-state index contributed by atoms with van der Waals surface area (Å²) in [5.74, 6) is -0.150. The van der Waals surface area contributed by atoms with Gasteiger partial charge in [0.2, 0.25) is 5.91 Å². The van der Waals surface area contributed by atoms with Crippen molar-refractivity contribution in [1.82, 2.24) is 10.6 Å². The van der Waals surface area contributed by atoms with E-state index in [2.05, 4.69) is 10.6 Å². The first kappa shape index (κ1) is 16.0. The zero-order valence-electron chi connectivity index (χ0n) is 12.7. The number of benzene rings is 1. The highest BCUT2D eigenvalue weighted by Crippen LogP contribution is 2.33. The van der Waals surface area contributed by atoms with Crippen LogP contribution in [0.1, 0.15) is 45.1 Å². The molecule has 2 amide bonds. The third-order valence-corrected chi connectivity index (χ3v) is 5.20. The minimum absolute atomic E-state index is 0.0376. The van der Waals surface area contributed by atoms with Crippen LogP contribution in [0.15, 0.2) is 30.3 Å². The molecule has 6 heteroatoms. The van der Waals surface area contributed by atoms with Gasteiger partial charge in [-0.25, -0.2) is 0 Å². The van der Waals surface area contributed by atoms with Crippen LogP contribution in [0.5, 0.6) is 0 Å². The molecular formula is C17H17ClN2O2S. The van der Waals surface area contributed by atoms with Gasteiger partial charge in [-0.3, -0.25) is 9.59 Å². The maximum atomic E-state index is 12.4. The van der Waals surface area contributed by atoms with Gasteiger partial charge in [-0.2, -0.15) is 0 Å². The van der Waals surface area contributed by atoms with E-state index in [-0.39, 0.29) is 17.9 Å². The van der Waals surface area contributed by atoms with Gasteiger partial charge in [0.15, 0.2) is 0 Å². The second-order valence-corrected chi connectivity index (χ2v) is 7.19. The van der Waals surface area contributed by atoms with E-state index in [1.165, 1.54) is 23.8 Å². The van der Waals surface area contributed by atoms with Crippen LogP contribution in [0.25, 0.3) is 0 Å². The fourth-order valence-electron chi connectivity index (χ4n) is 2.77. The number of carbonyl (C=O) groups is 2. The van der Waals surface area contributed by atoms with E-state index in [1.54, 1.807) is 6.07 Å². The second-order valence-electron chi connectivity index (χ2n) is 5.58. The predicted octanol–water partition coefficient (Wildman–Crippen LogP) is 3.45. The Kier molecular flexibility index (Phi) is 4.68. The Morgan fingerprint density at radius 1 is 1.30 bits per heavy atom. The highest BCUT2D eigenvalue weighted by molar-refractivity contribution is 7.14. The van der Waals surface area contributed by atoms with Crippen LogP contribution >= 0.6 is 22.9 Å². The molecule has 1 heterocycles. The summed E-state index contributed by atoms with van der Waals surface area (Å²) in [5, 5.41) is 6.56. The van der Waals surface area contributed by atoms with Crippen molar-refractivity contribution in [3.05, 3.63) is 56.2 Å². The van der Waals surface area contributed by atoms with Gasteiger partial charge >= 0.3 is 0 Å². The average molecular weight is 349 g/mol. The van der Waals surface area contributed by atoms with E-state index < -0.39 is 0 Å². The molecule has 0 saturated carbocycles. The lowest BCUT2D eigenvalue weighted by Gasteiger charge is -2.13. The van der Waals surface area contributed by atoms with Crippen molar-refractivity contribution in [3.63, 3.8) is 0 Å². The van der Waals surface area contributed by atoms with Crippen molar-refractivity contribution in [2.45, 2.75) is 32.4 Å². The van der Waals surface area contributed by atoms with Gasteiger partial charge < -0.3 is 10.6 Å². The first-order valence-electron chi connectivity index (χ1n) is 7.45. The minimum Gasteiger partial charge on any atom is -0.351 e. The molecule has 0 fully saturated rings. The Labute approximate surface area is 143 Å². The number of halogens is 1. The number of hydrogen-bond donors (Lipinski definition) is 2. The highest BCUT2D eigenvalue weighted by atomic mass is 35.5. The smallest absolute Gasteiger partial charge is 0.261 e. The largest absolute Gasteiger partial charge is 0.351 e. The molecule has 1 aliphatic rings. The third-order valence-electron chi connectivity index (χ3n) is 3.89. The molecule has 1 aromatic heterocycles. The Hall–Kier alpha value is -1.85. The van der Waals surface area contributed by atoms with Crippen molar-refractivity contribution < 1.29 is 9.59 Å². The van der Waals surface area contributed by atoms with Crippen LogP contribution in [-0.2, 0) is 17.8 Å². The van der Waals surface area contributed by atoms with Crippen molar-refractivity contribution in [1.29, 1.82) is 0 Å². The standard InChI is InChI=1S/C17H17ClN2O2S/c1-10(21)19-9-13-4-7-16(23-13)17(22)20-15-6-2-11-8-12(18)3-5-14(11)15/h3-5,7-8,15H,2,6,9H2,1H3,(H,19,21)(H,20,22)/t15-/m1/s1. The monoisotopic (exact) mass is 348 g/mol. The topological polar surface area (TPSA) is 58.2 Å². The van der Waals surface area contributed by atoms with Crippen molar-refractivity contribution in [3.8, 4) is 0 Å². The Morgan fingerprint density at radius 3 is 2.91 bits per heavy atom. The lowest BCUT2D eigenvalue weighted by molar-refractivity contribution is -0.119. The molecule has 1 atom stereocenters. The van der Waals surface area contributed by atoms with Gasteiger partial charge in [0, 0.05) is 16.8 Å². The highest BCUT2D eigenvalue weighted by Gasteiger charge is 2.24. The van der Waals surface area contributed by atoms with Crippen LogP contribution in [-0.4, -0.2) is 11.8 Å². The number of carbonyl (C=O) groups excluding carboxylic acids is 2. The molecule has 0 bridgehead atoms. The predicted molar refractivity (Wildman–Crippen MR) is 91.8 cm³/mol. The quantitative estimate of drug-likeness (QED) is 0.889. The third kappa shape index (κ3) is 3.74. The van der Waals surface area contributed by atoms with Gasteiger partial charge in [0.05, 0.1) is 17.5 Å². The lowest BCUT2D eigenvalue weighted by Crippen LogP contribution is -2.26. The molecule has 2 N–H and O–H groups in total. The molecule has 0 spiro atoms. The molecule has 23 heavy (non-hydrogen) atoms. The molecule has 3 rings (SSSR count). The van der Waals surface area contributed by atoms with Crippen LogP contribution in [0.2, 0.25) is 5.02 Å². The molecule has 0 radical (unpaired) electrons. The summed E-state index contributed by atoms with van der Waals surface area (Å²) in [4.78, 5) is 25.0. The van der Waals surface area contributed by atoms with Gasteiger partial charge in [0.25, 0.3) is 5.91 Å². The SMILES string of the molecule is CC(=O)NCc1ccc(C(=O)N[C@@H]2CCc3cc(Cl)ccc32)s1. The molecule has 0 unspecified atom stereocenters. The van der Waals surface area contributed by atoms with Crippen LogP contribution in [0.3, 0.4) is 0 Å². The average Bonchev–Trinajstić information content (AvgIpc) is 3.12. The normalized spacial score (nSPS) is 16.0. The summed E-state index contributed by atoms with van der Waals surface area (Å²) in [6.45, 7) is 1.93. The number of nitrogens with one attached hydrogen (secondary N) is 2. The molecule has 2 aromatic rings. The Morgan fingerprint density at radius 2 is 2.13 bits per heavy atom. The van der Waals surface area contributed by atoms with E-state index in [4.69, 9.17) is 11.6 Å². The van der Waals surface area contributed by atoms with Crippen molar-refractivity contribution in [2.75, 3.05) is 0 Å². The fraction of sp³-hybridized carbons (Fsp3) is 0.294. The molecule has 0 saturated heterocycles. The second kappa shape index (κ2) is 6.72. The van der Waals surface area contributed by atoms with E-state index in [9.17, 15) is 9.59 Å². The van der Waals surface area contributed by atoms with Gasteiger partial charge in [-0.05, 0) is 48.2 Å². The fourth-order valence-corrected chi connectivity index (χ4v) is 3.82. The molecule has 4 nitrogen and oxygen atoms in total. The van der Waals surface area contributed by atoms with Gasteiger partial charge in [-0.1, -0.05) is 17.7 Å². The zero-order valence-corrected chi connectivity index (χ0v) is 14.3. The number of rotatable bonds is 4. The van der Waals surface area contributed by atoms with Crippen LogP contribution in [0, 0.1) is 0 Å².